The summed E-state index contributed by atoms with van der Waals surface area (Å²) in [6.45, 7) is 0. The first kappa shape index (κ1) is 5.97. The van der Waals surface area contributed by atoms with Gasteiger partial charge in [-0.15, -0.1) is 20.5 Å². The highest BCUT2D eigenvalue weighted by Gasteiger charge is 2.30. The molecule has 0 aromatic heterocycles. The molecule has 1 fully saturated rings. The van der Waals surface area contributed by atoms with Crippen LogP contribution in [0.3, 0.4) is 0 Å². The van der Waals surface area contributed by atoms with E-state index in [2.05, 4.69) is 0 Å². The van der Waals surface area contributed by atoms with Gasteiger partial charge in [0, 0.05) is 28.2 Å². The minimum atomic E-state index is 2.00. The fourth-order valence-electron chi connectivity index (χ4n) is 0.718. The molecule has 1 saturated heterocycles. The molecule has 4 heteroatoms. The molecule has 0 unspecified atom stereocenters. The fourth-order valence-corrected chi connectivity index (χ4v) is 0.718. The first-order valence-electron chi connectivity index (χ1n) is 2.59. The SMILES string of the molecule is CN1N(C)N(C)N1C. The number of rotatable bonds is 0. The summed E-state index contributed by atoms with van der Waals surface area (Å²) < 4.78 is 0. The molecule has 0 N–H and O–H groups in total. The monoisotopic (exact) mass is 116 g/mol. The summed E-state index contributed by atoms with van der Waals surface area (Å²) in [4.78, 5) is 0. The second-order valence-corrected chi connectivity index (χ2v) is 1.96. The van der Waals surface area contributed by atoms with Crippen molar-refractivity contribution >= 4 is 0 Å². The van der Waals surface area contributed by atoms with Crippen molar-refractivity contribution in [1.82, 2.24) is 20.5 Å². The Labute approximate surface area is 49.7 Å². The molecule has 1 heterocycles. The van der Waals surface area contributed by atoms with Crippen LogP contribution in [0.2, 0.25) is 0 Å². The van der Waals surface area contributed by atoms with Crippen molar-refractivity contribution in [2.75, 3.05) is 28.2 Å². The van der Waals surface area contributed by atoms with Crippen LogP contribution in [0.1, 0.15) is 0 Å². The van der Waals surface area contributed by atoms with Gasteiger partial charge in [0.1, 0.15) is 0 Å². The minimum Gasteiger partial charge on any atom is -0.149 e. The number of nitrogens with zero attached hydrogens (tertiary/aromatic N) is 4. The van der Waals surface area contributed by atoms with E-state index in [1.165, 1.54) is 0 Å². The summed E-state index contributed by atoms with van der Waals surface area (Å²) in [5.41, 5.74) is 0. The average molecular weight is 116 g/mol. The topological polar surface area (TPSA) is 13.0 Å². The van der Waals surface area contributed by atoms with Gasteiger partial charge in [0.15, 0.2) is 0 Å². The van der Waals surface area contributed by atoms with E-state index in [0.717, 1.165) is 0 Å². The van der Waals surface area contributed by atoms with Gasteiger partial charge in [0.25, 0.3) is 0 Å². The molecule has 0 radical (unpaired) electrons. The summed E-state index contributed by atoms with van der Waals surface area (Å²) in [7, 11) is 8.00. The van der Waals surface area contributed by atoms with Gasteiger partial charge in [-0.25, -0.2) is 0 Å². The second-order valence-electron chi connectivity index (χ2n) is 1.96. The Bertz CT molecular complexity index is 62.0. The Hall–Kier alpha value is -0.160. The van der Waals surface area contributed by atoms with Gasteiger partial charge in [-0.2, -0.15) is 0 Å². The lowest BCUT2D eigenvalue weighted by Crippen LogP contribution is -2.72. The Morgan fingerprint density at radius 1 is 0.500 bits per heavy atom. The standard InChI is InChI=1S/C4H12N4/c1-5-6(2)8(4)7(5)3/h1-4H3. The van der Waals surface area contributed by atoms with E-state index in [1.807, 2.05) is 48.7 Å². The van der Waals surface area contributed by atoms with Crippen LogP contribution >= 0.6 is 0 Å². The van der Waals surface area contributed by atoms with Crippen LogP contribution in [0.5, 0.6) is 0 Å². The number of hydrazine groups is 4. The highest BCUT2D eigenvalue weighted by Crippen LogP contribution is 2.12. The lowest BCUT2D eigenvalue weighted by Gasteiger charge is -2.54. The minimum absolute atomic E-state index is 2.00. The first-order chi connectivity index (χ1) is 3.64. The zero-order chi connectivity index (χ0) is 6.31. The Balaban J connectivity index is 2.42. The zero-order valence-electron chi connectivity index (χ0n) is 5.79. The van der Waals surface area contributed by atoms with Crippen LogP contribution in [0.4, 0.5) is 0 Å². The van der Waals surface area contributed by atoms with Crippen molar-refractivity contribution in [3.05, 3.63) is 0 Å². The molecule has 0 amide bonds. The van der Waals surface area contributed by atoms with E-state index in [-0.39, 0.29) is 0 Å². The summed E-state index contributed by atoms with van der Waals surface area (Å²) in [6.07, 6.45) is 0. The summed E-state index contributed by atoms with van der Waals surface area (Å²) in [5, 5.41) is 8.00. The molecule has 0 aromatic rings. The molecule has 0 aromatic carbocycles. The maximum atomic E-state index is 2.00. The van der Waals surface area contributed by atoms with E-state index in [4.69, 9.17) is 0 Å². The molecule has 0 spiro atoms. The molecule has 0 saturated carbocycles. The maximum Gasteiger partial charge on any atom is 0.0207 e. The quantitative estimate of drug-likeness (QED) is 0.418. The van der Waals surface area contributed by atoms with Crippen LogP contribution in [-0.4, -0.2) is 48.7 Å². The van der Waals surface area contributed by atoms with E-state index < -0.39 is 0 Å². The third kappa shape index (κ3) is 0.545. The molecule has 8 heavy (non-hydrogen) atoms. The van der Waals surface area contributed by atoms with Gasteiger partial charge < -0.3 is 0 Å². The predicted octanol–water partition coefficient (Wildman–Crippen LogP) is -0.613. The van der Waals surface area contributed by atoms with Crippen molar-refractivity contribution in [3.63, 3.8) is 0 Å². The van der Waals surface area contributed by atoms with Crippen molar-refractivity contribution in [3.8, 4) is 0 Å². The van der Waals surface area contributed by atoms with E-state index >= 15 is 0 Å². The molecule has 48 valence electrons. The fraction of sp³-hybridized carbons (Fsp3) is 1.00. The highest BCUT2D eigenvalue weighted by molar-refractivity contribution is 4.44. The van der Waals surface area contributed by atoms with E-state index in [1.54, 1.807) is 0 Å². The van der Waals surface area contributed by atoms with Crippen molar-refractivity contribution < 1.29 is 0 Å². The molecular weight excluding hydrogens is 104 g/mol. The van der Waals surface area contributed by atoms with Gasteiger partial charge in [0.05, 0.1) is 0 Å². The molecular formula is C4H12N4. The molecule has 0 bridgehead atoms. The van der Waals surface area contributed by atoms with E-state index in [0.29, 0.717) is 0 Å². The molecule has 1 rings (SSSR count). The second kappa shape index (κ2) is 1.66. The van der Waals surface area contributed by atoms with Gasteiger partial charge in [-0.1, -0.05) is 0 Å². The van der Waals surface area contributed by atoms with Crippen molar-refractivity contribution in [1.29, 1.82) is 0 Å². The summed E-state index contributed by atoms with van der Waals surface area (Å²) in [5.74, 6) is 0. The molecule has 1 aliphatic rings. The average Bonchev–Trinajstić information content (AvgIpc) is 1.83. The normalized spacial score (nSPS) is 28.5. The van der Waals surface area contributed by atoms with Gasteiger partial charge in [-0.3, -0.25) is 0 Å². The van der Waals surface area contributed by atoms with E-state index in [9.17, 15) is 0 Å². The lowest BCUT2D eigenvalue weighted by atomic mass is 11.0. The predicted molar refractivity (Wildman–Crippen MR) is 31.1 cm³/mol. The third-order valence-corrected chi connectivity index (χ3v) is 1.68. The molecule has 4 nitrogen and oxygen atoms in total. The Morgan fingerprint density at radius 3 is 0.750 bits per heavy atom. The van der Waals surface area contributed by atoms with Crippen molar-refractivity contribution in [2.24, 2.45) is 0 Å². The smallest absolute Gasteiger partial charge is 0.0207 e. The Kier molecular flexibility index (Phi) is 1.24. The summed E-state index contributed by atoms with van der Waals surface area (Å²) >= 11 is 0. The highest BCUT2D eigenvalue weighted by atomic mass is 16.2. The lowest BCUT2D eigenvalue weighted by molar-refractivity contribution is -0.470. The van der Waals surface area contributed by atoms with Gasteiger partial charge in [0.2, 0.25) is 0 Å². The van der Waals surface area contributed by atoms with Crippen LogP contribution in [0.15, 0.2) is 0 Å². The first-order valence-corrected chi connectivity index (χ1v) is 2.59. The summed E-state index contributed by atoms with van der Waals surface area (Å²) in [6, 6.07) is 0. The number of hydrogen-bond donors (Lipinski definition) is 0. The zero-order valence-corrected chi connectivity index (χ0v) is 5.79. The van der Waals surface area contributed by atoms with Crippen molar-refractivity contribution in [2.45, 2.75) is 0 Å². The molecule has 0 aliphatic carbocycles. The van der Waals surface area contributed by atoms with Crippen LogP contribution in [0.25, 0.3) is 0 Å². The number of hydrogen-bond acceptors (Lipinski definition) is 4. The van der Waals surface area contributed by atoms with Gasteiger partial charge in [-0.05, 0) is 0 Å². The van der Waals surface area contributed by atoms with Crippen LogP contribution in [0, 0.1) is 0 Å². The third-order valence-electron chi connectivity index (χ3n) is 1.68. The van der Waals surface area contributed by atoms with Crippen LogP contribution < -0.4 is 0 Å². The molecule has 0 atom stereocenters. The Morgan fingerprint density at radius 2 is 0.625 bits per heavy atom. The van der Waals surface area contributed by atoms with Crippen LogP contribution in [-0.2, 0) is 0 Å². The largest absolute Gasteiger partial charge is 0.149 e. The molecule has 1 aliphatic heterocycles. The van der Waals surface area contributed by atoms with Gasteiger partial charge >= 0.3 is 0 Å². The maximum absolute atomic E-state index is 2.00.